The van der Waals surface area contributed by atoms with Crippen LogP contribution in [-0.2, 0) is 6.42 Å². The third-order valence-corrected chi connectivity index (χ3v) is 4.83. The van der Waals surface area contributed by atoms with E-state index in [0.717, 1.165) is 37.1 Å². The average Bonchev–Trinajstić information content (AvgIpc) is 3.00. The van der Waals surface area contributed by atoms with Crippen molar-refractivity contribution in [3.8, 4) is 0 Å². The molecular formula is C16H22N2O. The van der Waals surface area contributed by atoms with Crippen molar-refractivity contribution >= 4 is 5.91 Å². The van der Waals surface area contributed by atoms with Gasteiger partial charge in [-0.2, -0.15) is 0 Å². The summed E-state index contributed by atoms with van der Waals surface area (Å²) < 4.78 is 0. The summed E-state index contributed by atoms with van der Waals surface area (Å²) in [5.74, 6) is 1.35. The van der Waals surface area contributed by atoms with Gasteiger partial charge in [0.1, 0.15) is 0 Å². The highest BCUT2D eigenvalue weighted by Gasteiger charge is 2.42. The van der Waals surface area contributed by atoms with Crippen LogP contribution in [0.5, 0.6) is 0 Å². The van der Waals surface area contributed by atoms with Crippen LogP contribution in [0.2, 0.25) is 0 Å². The van der Waals surface area contributed by atoms with Crippen LogP contribution in [0.4, 0.5) is 0 Å². The smallest absolute Gasteiger partial charge is 0.254 e. The van der Waals surface area contributed by atoms with Crippen LogP contribution in [0.15, 0.2) is 24.3 Å². The van der Waals surface area contributed by atoms with E-state index in [1.807, 2.05) is 23.1 Å². The fourth-order valence-electron chi connectivity index (χ4n) is 3.68. The molecule has 1 aliphatic heterocycles. The third-order valence-electron chi connectivity index (χ3n) is 4.83. The van der Waals surface area contributed by atoms with Gasteiger partial charge in [-0.1, -0.05) is 25.1 Å². The first kappa shape index (κ1) is 12.7. The summed E-state index contributed by atoms with van der Waals surface area (Å²) >= 11 is 0. The first-order valence-electron chi connectivity index (χ1n) is 7.33. The standard InChI is InChI=1S/C16H22N2O/c1-2-11-5-3-4-6-13(11)16(19)18-9-12-7-8-15(17)14(12)10-18/h3-6,12,14-15H,2,7-10,17H2,1H3. The lowest BCUT2D eigenvalue weighted by Gasteiger charge is -2.20. The number of hydrogen-bond acceptors (Lipinski definition) is 2. The molecule has 1 heterocycles. The van der Waals surface area contributed by atoms with Gasteiger partial charge in [0.15, 0.2) is 0 Å². The fourth-order valence-corrected chi connectivity index (χ4v) is 3.68. The molecule has 1 saturated heterocycles. The predicted octanol–water partition coefficient (Wildman–Crippen LogP) is 2.06. The Hall–Kier alpha value is -1.35. The minimum absolute atomic E-state index is 0.194. The topological polar surface area (TPSA) is 46.3 Å². The summed E-state index contributed by atoms with van der Waals surface area (Å²) in [5, 5.41) is 0. The Bertz CT molecular complexity index is 485. The molecule has 1 saturated carbocycles. The first-order chi connectivity index (χ1) is 9.20. The van der Waals surface area contributed by atoms with E-state index in [-0.39, 0.29) is 5.91 Å². The number of carbonyl (C=O) groups excluding carboxylic acids is 1. The highest BCUT2D eigenvalue weighted by Crippen LogP contribution is 2.37. The molecule has 3 rings (SSSR count). The molecule has 0 radical (unpaired) electrons. The lowest BCUT2D eigenvalue weighted by molar-refractivity contribution is 0.0778. The summed E-state index contributed by atoms with van der Waals surface area (Å²) in [4.78, 5) is 14.7. The van der Waals surface area contributed by atoms with Gasteiger partial charge in [-0.3, -0.25) is 4.79 Å². The number of benzene rings is 1. The molecule has 0 aromatic heterocycles. The van der Waals surface area contributed by atoms with Crippen LogP contribution in [0.25, 0.3) is 0 Å². The van der Waals surface area contributed by atoms with Crippen molar-refractivity contribution in [1.82, 2.24) is 4.90 Å². The Morgan fingerprint density at radius 2 is 2.11 bits per heavy atom. The van der Waals surface area contributed by atoms with E-state index in [1.165, 1.54) is 6.42 Å². The maximum Gasteiger partial charge on any atom is 0.254 e. The number of nitrogens with zero attached hydrogens (tertiary/aromatic N) is 1. The molecule has 3 atom stereocenters. The molecule has 102 valence electrons. The molecule has 2 fully saturated rings. The number of nitrogens with two attached hydrogens (primary N) is 1. The molecule has 1 aliphatic carbocycles. The van der Waals surface area contributed by atoms with Crippen molar-refractivity contribution in [2.24, 2.45) is 17.6 Å². The van der Waals surface area contributed by atoms with E-state index in [4.69, 9.17) is 5.73 Å². The number of aryl methyl sites for hydroxylation is 1. The van der Waals surface area contributed by atoms with Gasteiger partial charge < -0.3 is 10.6 Å². The highest BCUT2D eigenvalue weighted by molar-refractivity contribution is 5.95. The Kier molecular flexibility index (Phi) is 3.31. The summed E-state index contributed by atoms with van der Waals surface area (Å²) in [5.41, 5.74) is 8.16. The monoisotopic (exact) mass is 258 g/mol. The minimum atomic E-state index is 0.194. The van der Waals surface area contributed by atoms with Gasteiger partial charge in [-0.05, 0) is 42.7 Å². The lowest BCUT2D eigenvalue weighted by atomic mass is 9.98. The predicted molar refractivity (Wildman–Crippen MR) is 75.9 cm³/mol. The second kappa shape index (κ2) is 4.97. The second-order valence-corrected chi connectivity index (χ2v) is 5.89. The van der Waals surface area contributed by atoms with Gasteiger partial charge in [0, 0.05) is 24.7 Å². The van der Waals surface area contributed by atoms with Crippen LogP contribution < -0.4 is 5.73 Å². The molecular weight excluding hydrogens is 236 g/mol. The summed E-state index contributed by atoms with van der Waals surface area (Å²) in [6.07, 6.45) is 3.22. The van der Waals surface area contributed by atoms with E-state index < -0.39 is 0 Å². The number of amides is 1. The van der Waals surface area contributed by atoms with Crippen molar-refractivity contribution in [3.63, 3.8) is 0 Å². The summed E-state index contributed by atoms with van der Waals surface area (Å²) in [6.45, 7) is 3.85. The largest absolute Gasteiger partial charge is 0.338 e. The minimum Gasteiger partial charge on any atom is -0.338 e. The van der Waals surface area contributed by atoms with Gasteiger partial charge >= 0.3 is 0 Å². The van der Waals surface area contributed by atoms with Gasteiger partial charge in [-0.15, -0.1) is 0 Å². The van der Waals surface area contributed by atoms with Gasteiger partial charge in [0.05, 0.1) is 0 Å². The van der Waals surface area contributed by atoms with Crippen molar-refractivity contribution in [2.75, 3.05) is 13.1 Å². The first-order valence-corrected chi connectivity index (χ1v) is 7.33. The maximum absolute atomic E-state index is 12.6. The molecule has 3 unspecified atom stereocenters. The summed E-state index contributed by atoms with van der Waals surface area (Å²) in [7, 11) is 0. The van der Waals surface area contributed by atoms with Gasteiger partial charge in [0.2, 0.25) is 0 Å². The molecule has 2 aliphatic rings. The molecule has 1 amide bonds. The van der Waals surface area contributed by atoms with Crippen molar-refractivity contribution in [3.05, 3.63) is 35.4 Å². The van der Waals surface area contributed by atoms with Crippen molar-refractivity contribution < 1.29 is 4.79 Å². The SMILES string of the molecule is CCc1ccccc1C(=O)N1CC2CCC(N)C2C1. The van der Waals surface area contributed by atoms with E-state index in [2.05, 4.69) is 13.0 Å². The Balaban J connectivity index is 1.78. The second-order valence-electron chi connectivity index (χ2n) is 5.89. The number of hydrogen-bond donors (Lipinski definition) is 1. The number of likely N-dealkylation sites (tertiary alicyclic amines) is 1. The van der Waals surface area contributed by atoms with E-state index in [1.54, 1.807) is 0 Å². The van der Waals surface area contributed by atoms with Crippen LogP contribution in [0.1, 0.15) is 35.7 Å². The van der Waals surface area contributed by atoms with Crippen molar-refractivity contribution in [2.45, 2.75) is 32.2 Å². The maximum atomic E-state index is 12.6. The van der Waals surface area contributed by atoms with E-state index >= 15 is 0 Å². The zero-order valence-electron chi connectivity index (χ0n) is 11.5. The number of fused-ring (bicyclic) bond motifs is 1. The normalized spacial score (nSPS) is 29.6. The Morgan fingerprint density at radius 3 is 2.84 bits per heavy atom. The third kappa shape index (κ3) is 2.16. The van der Waals surface area contributed by atoms with Crippen LogP contribution in [0, 0.1) is 11.8 Å². The zero-order chi connectivity index (χ0) is 13.4. The molecule has 1 aromatic carbocycles. The Labute approximate surface area is 114 Å². The van der Waals surface area contributed by atoms with Crippen LogP contribution in [-0.4, -0.2) is 29.9 Å². The molecule has 19 heavy (non-hydrogen) atoms. The molecule has 3 heteroatoms. The van der Waals surface area contributed by atoms with Gasteiger partial charge in [0.25, 0.3) is 5.91 Å². The Morgan fingerprint density at radius 1 is 1.32 bits per heavy atom. The molecule has 2 N–H and O–H groups in total. The quantitative estimate of drug-likeness (QED) is 0.882. The zero-order valence-corrected chi connectivity index (χ0v) is 11.5. The number of carbonyl (C=O) groups is 1. The lowest BCUT2D eigenvalue weighted by Crippen LogP contribution is -2.33. The summed E-state index contributed by atoms with van der Waals surface area (Å²) in [6, 6.07) is 8.26. The van der Waals surface area contributed by atoms with Gasteiger partial charge in [-0.25, -0.2) is 0 Å². The molecule has 1 aromatic rings. The average molecular weight is 258 g/mol. The van der Waals surface area contributed by atoms with E-state index in [0.29, 0.717) is 17.9 Å². The highest BCUT2D eigenvalue weighted by atomic mass is 16.2. The van der Waals surface area contributed by atoms with Crippen LogP contribution in [0.3, 0.4) is 0 Å². The van der Waals surface area contributed by atoms with Crippen molar-refractivity contribution in [1.29, 1.82) is 0 Å². The van der Waals surface area contributed by atoms with E-state index in [9.17, 15) is 4.79 Å². The fraction of sp³-hybridized carbons (Fsp3) is 0.562. The van der Waals surface area contributed by atoms with Crippen LogP contribution >= 0.6 is 0 Å². The molecule has 3 nitrogen and oxygen atoms in total. The molecule has 0 spiro atoms. The number of rotatable bonds is 2. The molecule has 0 bridgehead atoms.